The first-order valence-corrected chi connectivity index (χ1v) is 8.77. The van der Waals surface area contributed by atoms with Crippen LogP contribution in [0, 0.1) is 5.82 Å². The molecule has 7 heteroatoms. The van der Waals surface area contributed by atoms with Crippen LogP contribution in [0.1, 0.15) is 16.8 Å². The number of amides is 3. The molecule has 1 N–H and O–H groups in total. The Morgan fingerprint density at radius 2 is 1.69 bits per heavy atom. The molecule has 0 aliphatic carbocycles. The minimum absolute atomic E-state index is 0.221. The zero-order chi connectivity index (χ0) is 18.5. The Morgan fingerprint density at radius 3 is 2.46 bits per heavy atom. The molecule has 0 aromatic heterocycles. The van der Waals surface area contributed by atoms with Crippen molar-refractivity contribution in [3.63, 3.8) is 0 Å². The van der Waals surface area contributed by atoms with Crippen LogP contribution in [0.5, 0.6) is 0 Å². The van der Waals surface area contributed by atoms with Gasteiger partial charge in [-0.3, -0.25) is 4.79 Å². The third-order valence-electron chi connectivity index (χ3n) is 4.22. The lowest BCUT2D eigenvalue weighted by Crippen LogP contribution is -2.39. The average molecular weight is 376 g/mol. The number of anilines is 1. The molecule has 1 aliphatic heterocycles. The second-order valence-electron chi connectivity index (χ2n) is 6.08. The van der Waals surface area contributed by atoms with E-state index in [1.165, 1.54) is 18.2 Å². The van der Waals surface area contributed by atoms with Crippen molar-refractivity contribution in [3.8, 4) is 0 Å². The summed E-state index contributed by atoms with van der Waals surface area (Å²) in [6, 6.07) is 12.4. The Labute approximate surface area is 156 Å². The molecular weight excluding hydrogens is 357 g/mol. The molecule has 0 atom stereocenters. The minimum Gasteiger partial charge on any atom is -0.337 e. The van der Waals surface area contributed by atoms with Gasteiger partial charge < -0.3 is 15.1 Å². The molecular formula is C19H19ClFN3O2. The number of benzene rings is 2. The predicted octanol–water partition coefficient (Wildman–Crippen LogP) is 3.86. The molecule has 0 spiro atoms. The maximum atomic E-state index is 13.3. The molecule has 5 nitrogen and oxygen atoms in total. The summed E-state index contributed by atoms with van der Waals surface area (Å²) < 4.78 is 13.3. The van der Waals surface area contributed by atoms with E-state index in [4.69, 9.17) is 11.6 Å². The lowest BCUT2D eigenvalue weighted by Gasteiger charge is -2.22. The quantitative estimate of drug-likeness (QED) is 0.866. The van der Waals surface area contributed by atoms with Crippen LogP contribution in [0.3, 0.4) is 0 Å². The van der Waals surface area contributed by atoms with Crippen molar-refractivity contribution in [1.29, 1.82) is 0 Å². The van der Waals surface area contributed by atoms with Gasteiger partial charge in [0.2, 0.25) is 0 Å². The third kappa shape index (κ3) is 4.52. The van der Waals surface area contributed by atoms with Gasteiger partial charge in [0.05, 0.1) is 0 Å². The summed E-state index contributed by atoms with van der Waals surface area (Å²) in [5.41, 5.74) is 0.946. The molecule has 26 heavy (non-hydrogen) atoms. The molecule has 2 aromatic rings. The van der Waals surface area contributed by atoms with Crippen molar-refractivity contribution >= 4 is 29.2 Å². The van der Waals surface area contributed by atoms with Crippen molar-refractivity contribution < 1.29 is 14.0 Å². The SMILES string of the molecule is O=C(Nc1cccc(Cl)c1)N1CCCN(C(=O)c2cccc(F)c2)CC1. The second kappa shape index (κ2) is 8.19. The molecule has 3 amide bonds. The standard InChI is InChI=1S/C19H19ClFN3O2/c20-15-5-2-7-17(13-15)22-19(26)24-9-3-8-23(10-11-24)18(25)14-4-1-6-16(21)12-14/h1-2,4-7,12-13H,3,8-11H2,(H,22,26). The van der Waals surface area contributed by atoms with Gasteiger partial charge in [-0.25, -0.2) is 9.18 Å². The van der Waals surface area contributed by atoms with Gasteiger partial charge in [-0.15, -0.1) is 0 Å². The Balaban J connectivity index is 1.61. The van der Waals surface area contributed by atoms with Gasteiger partial charge in [-0.2, -0.15) is 0 Å². The van der Waals surface area contributed by atoms with Crippen LogP contribution in [-0.4, -0.2) is 47.9 Å². The highest BCUT2D eigenvalue weighted by Gasteiger charge is 2.23. The fourth-order valence-corrected chi connectivity index (χ4v) is 3.09. The molecule has 0 radical (unpaired) electrons. The van der Waals surface area contributed by atoms with Gasteiger partial charge in [0.15, 0.2) is 0 Å². The monoisotopic (exact) mass is 375 g/mol. The summed E-state index contributed by atoms with van der Waals surface area (Å²) in [6.07, 6.45) is 0.657. The van der Waals surface area contributed by atoms with E-state index in [9.17, 15) is 14.0 Å². The number of rotatable bonds is 2. The fourth-order valence-electron chi connectivity index (χ4n) is 2.90. The number of urea groups is 1. The van der Waals surface area contributed by atoms with E-state index in [1.54, 1.807) is 40.1 Å². The topological polar surface area (TPSA) is 52.7 Å². The van der Waals surface area contributed by atoms with E-state index in [-0.39, 0.29) is 11.9 Å². The van der Waals surface area contributed by atoms with Crippen LogP contribution in [-0.2, 0) is 0 Å². The summed E-state index contributed by atoms with van der Waals surface area (Å²) in [7, 11) is 0. The highest BCUT2D eigenvalue weighted by atomic mass is 35.5. The number of halogens is 2. The molecule has 2 aromatic carbocycles. The van der Waals surface area contributed by atoms with Gasteiger partial charge in [-0.05, 0) is 42.8 Å². The van der Waals surface area contributed by atoms with E-state index in [0.717, 1.165) is 0 Å². The number of nitrogens with one attached hydrogen (secondary N) is 1. The summed E-state index contributed by atoms with van der Waals surface area (Å²) >= 11 is 5.93. The van der Waals surface area contributed by atoms with Crippen LogP contribution in [0.4, 0.5) is 14.9 Å². The first kappa shape index (κ1) is 18.2. The molecule has 1 fully saturated rings. The molecule has 0 saturated carbocycles. The van der Waals surface area contributed by atoms with E-state index < -0.39 is 5.82 Å². The Bertz CT molecular complexity index is 815. The summed E-state index contributed by atoms with van der Waals surface area (Å²) in [5, 5.41) is 3.36. The minimum atomic E-state index is -0.437. The number of hydrogen-bond acceptors (Lipinski definition) is 2. The number of nitrogens with zero attached hydrogens (tertiary/aromatic N) is 2. The van der Waals surface area contributed by atoms with Gasteiger partial charge in [0, 0.05) is 42.5 Å². The number of carbonyl (C=O) groups excluding carboxylic acids is 2. The summed E-state index contributed by atoms with van der Waals surface area (Å²) in [4.78, 5) is 28.3. The predicted molar refractivity (Wildman–Crippen MR) is 99.0 cm³/mol. The normalized spacial score (nSPS) is 14.7. The lowest BCUT2D eigenvalue weighted by molar-refractivity contribution is 0.0762. The third-order valence-corrected chi connectivity index (χ3v) is 4.45. The molecule has 1 aliphatic rings. The van der Waals surface area contributed by atoms with E-state index in [2.05, 4.69) is 5.32 Å². The Hall–Kier alpha value is -2.60. The maximum absolute atomic E-state index is 13.3. The van der Waals surface area contributed by atoms with Gasteiger partial charge in [0.25, 0.3) is 5.91 Å². The highest BCUT2D eigenvalue weighted by Crippen LogP contribution is 2.16. The highest BCUT2D eigenvalue weighted by molar-refractivity contribution is 6.30. The smallest absolute Gasteiger partial charge is 0.321 e. The molecule has 136 valence electrons. The van der Waals surface area contributed by atoms with Crippen LogP contribution >= 0.6 is 11.6 Å². The summed E-state index contributed by atoms with van der Waals surface area (Å²) in [6.45, 7) is 1.88. The average Bonchev–Trinajstić information content (AvgIpc) is 2.87. The van der Waals surface area contributed by atoms with Crippen molar-refractivity contribution in [3.05, 3.63) is 64.9 Å². The van der Waals surface area contributed by atoms with Crippen molar-refractivity contribution in [2.24, 2.45) is 0 Å². The fraction of sp³-hybridized carbons (Fsp3) is 0.263. The molecule has 0 bridgehead atoms. The first-order chi connectivity index (χ1) is 12.5. The Morgan fingerprint density at radius 1 is 0.962 bits per heavy atom. The zero-order valence-corrected chi connectivity index (χ0v) is 14.9. The Kier molecular flexibility index (Phi) is 5.73. The maximum Gasteiger partial charge on any atom is 0.321 e. The van der Waals surface area contributed by atoms with Crippen molar-refractivity contribution in [2.45, 2.75) is 6.42 Å². The molecule has 1 heterocycles. The molecule has 3 rings (SSSR count). The van der Waals surface area contributed by atoms with Crippen LogP contribution in [0.15, 0.2) is 48.5 Å². The van der Waals surface area contributed by atoms with Crippen molar-refractivity contribution in [2.75, 3.05) is 31.5 Å². The van der Waals surface area contributed by atoms with Gasteiger partial charge in [0.1, 0.15) is 5.82 Å². The van der Waals surface area contributed by atoms with Crippen LogP contribution in [0.25, 0.3) is 0 Å². The number of hydrogen-bond donors (Lipinski definition) is 1. The molecule has 1 saturated heterocycles. The summed E-state index contributed by atoms with van der Waals surface area (Å²) in [5.74, 6) is -0.658. The van der Waals surface area contributed by atoms with E-state index >= 15 is 0 Å². The number of carbonyl (C=O) groups is 2. The molecule has 0 unspecified atom stereocenters. The van der Waals surface area contributed by atoms with Gasteiger partial charge in [-0.1, -0.05) is 23.7 Å². The van der Waals surface area contributed by atoms with E-state index in [0.29, 0.717) is 48.9 Å². The van der Waals surface area contributed by atoms with Gasteiger partial charge >= 0.3 is 6.03 Å². The van der Waals surface area contributed by atoms with Crippen LogP contribution < -0.4 is 5.32 Å². The zero-order valence-electron chi connectivity index (χ0n) is 14.1. The first-order valence-electron chi connectivity index (χ1n) is 8.39. The van der Waals surface area contributed by atoms with Crippen molar-refractivity contribution in [1.82, 2.24) is 9.80 Å². The lowest BCUT2D eigenvalue weighted by atomic mass is 10.2. The van der Waals surface area contributed by atoms with Crippen LogP contribution in [0.2, 0.25) is 5.02 Å². The second-order valence-corrected chi connectivity index (χ2v) is 6.52. The largest absolute Gasteiger partial charge is 0.337 e. The van der Waals surface area contributed by atoms with E-state index in [1.807, 2.05) is 0 Å².